The van der Waals surface area contributed by atoms with Crippen LogP contribution in [0.4, 0.5) is 23.3 Å². The lowest BCUT2D eigenvalue weighted by atomic mass is 10.1. The Bertz CT molecular complexity index is 2620. The summed E-state index contributed by atoms with van der Waals surface area (Å²) in [6.45, 7) is 11.6. The van der Waals surface area contributed by atoms with E-state index in [1.807, 2.05) is 91.1 Å². The number of methoxy groups -OCH3 is 2. The largest absolute Gasteiger partial charge is 0.380 e. The van der Waals surface area contributed by atoms with Crippen LogP contribution in [0, 0.1) is 0 Å². The third kappa shape index (κ3) is 9.77. The van der Waals surface area contributed by atoms with Crippen LogP contribution in [0.15, 0.2) is 98.1 Å². The first-order chi connectivity index (χ1) is 28.1. The first kappa shape index (κ1) is 39.5. The molecule has 0 aliphatic rings. The van der Waals surface area contributed by atoms with Gasteiger partial charge in [0.15, 0.2) is 11.6 Å². The van der Waals surface area contributed by atoms with Gasteiger partial charge in [0, 0.05) is 61.3 Å². The van der Waals surface area contributed by atoms with E-state index in [1.54, 1.807) is 37.5 Å². The molecule has 1 unspecified atom stereocenters. The SMILES string of the molecule is COC(C)Cn1cc(-c2cnc3ccc(Nc4cc(C(C)C)cnn4)nc3c2)cn1.COCn1cc(-c2cnc3ccc(Nc4cc(C(C)C)cnn4)nc3c2)cn1. The number of hydrogen-bond donors (Lipinski definition) is 2. The molecule has 0 saturated heterocycles. The quantitative estimate of drug-likeness (QED) is 0.115. The highest BCUT2D eigenvalue weighted by Gasteiger charge is 2.11. The summed E-state index contributed by atoms with van der Waals surface area (Å²) in [7, 11) is 3.34. The van der Waals surface area contributed by atoms with Gasteiger partial charge in [-0.05, 0) is 78.4 Å². The van der Waals surface area contributed by atoms with Crippen molar-refractivity contribution in [2.45, 2.75) is 65.8 Å². The van der Waals surface area contributed by atoms with Gasteiger partial charge < -0.3 is 20.1 Å². The molecule has 1 atom stereocenters. The molecule has 16 heteroatoms. The maximum absolute atomic E-state index is 5.31. The fraction of sp³-hybridized carbons (Fsp3) is 0.286. The number of nitrogens with zero attached hydrogens (tertiary/aromatic N) is 12. The van der Waals surface area contributed by atoms with Crippen molar-refractivity contribution in [1.29, 1.82) is 0 Å². The van der Waals surface area contributed by atoms with Gasteiger partial charge in [-0.3, -0.25) is 14.6 Å². The van der Waals surface area contributed by atoms with E-state index >= 15 is 0 Å². The Kier molecular flexibility index (Phi) is 12.2. The second-order valence-corrected chi connectivity index (χ2v) is 14.4. The third-order valence-corrected chi connectivity index (χ3v) is 9.31. The normalized spacial score (nSPS) is 11.9. The lowest BCUT2D eigenvalue weighted by molar-refractivity contribution is 0.0998. The highest BCUT2D eigenvalue weighted by atomic mass is 16.5. The van der Waals surface area contributed by atoms with Crippen LogP contribution in [0.25, 0.3) is 44.3 Å². The molecule has 0 aliphatic carbocycles. The van der Waals surface area contributed by atoms with Crippen LogP contribution in [-0.2, 0) is 22.7 Å². The van der Waals surface area contributed by atoms with Gasteiger partial charge in [0.2, 0.25) is 0 Å². The molecule has 0 saturated carbocycles. The van der Waals surface area contributed by atoms with Gasteiger partial charge >= 0.3 is 0 Å². The average Bonchev–Trinajstić information content (AvgIpc) is 3.91. The first-order valence-corrected chi connectivity index (χ1v) is 18.9. The zero-order chi connectivity index (χ0) is 40.6. The van der Waals surface area contributed by atoms with Gasteiger partial charge in [-0.2, -0.15) is 20.4 Å². The molecule has 58 heavy (non-hydrogen) atoms. The molecule has 8 rings (SSSR count). The van der Waals surface area contributed by atoms with Crippen LogP contribution in [0.2, 0.25) is 0 Å². The van der Waals surface area contributed by atoms with E-state index < -0.39 is 0 Å². The summed E-state index contributed by atoms with van der Waals surface area (Å²) in [6, 6.07) is 15.7. The number of nitrogens with one attached hydrogen (secondary N) is 2. The number of ether oxygens (including phenoxy) is 2. The summed E-state index contributed by atoms with van der Waals surface area (Å²) in [6.07, 6.45) is 14.9. The van der Waals surface area contributed by atoms with Crippen molar-refractivity contribution in [3.63, 3.8) is 0 Å². The molecule has 2 N–H and O–H groups in total. The molecular formula is C42H46N14O2. The van der Waals surface area contributed by atoms with Crippen LogP contribution in [0.3, 0.4) is 0 Å². The molecule has 8 aromatic heterocycles. The van der Waals surface area contributed by atoms with Gasteiger partial charge in [-0.1, -0.05) is 27.7 Å². The molecule has 0 aliphatic heterocycles. The van der Waals surface area contributed by atoms with Gasteiger partial charge in [0.05, 0.1) is 59.5 Å². The molecule has 0 aromatic carbocycles. The molecule has 0 spiro atoms. The Morgan fingerprint density at radius 3 is 1.53 bits per heavy atom. The standard InChI is InChI=1S/C22H25N7O.C20H21N7O/c1-14(2)16-8-22(28-24-10-16)27-21-6-5-19-20(26-21)7-17(9-23-19)18-11-25-29(13-18)12-15(3)30-4;1-13(2)14-7-20(26-22-9-14)25-19-5-4-17-18(24-19)6-15(8-21-17)16-10-23-27(11-16)12-28-3/h5-11,13-15H,12H2,1-4H3,(H,26,27,28);4-11,13H,12H2,1-3H3,(H,24,25,26). The minimum Gasteiger partial charge on any atom is -0.380 e. The van der Waals surface area contributed by atoms with E-state index in [1.165, 1.54) is 0 Å². The summed E-state index contributed by atoms with van der Waals surface area (Å²) < 4.78 is 14.0. The third-order valence-electron chi connectivity index (χ3n) is 9.31. The number of hydrogen-bond acceptors (Lipinski definition) is 14. The summed E-state index contributed by atoms with van der Waals surface area (Å²) in [5, 5.41) is 31.6. The fourth-order valence-electron chi connectivity index (χ4n) is 5.91. The second-order valence-electron chi connectivity index (χ2n) is 14.4. The van der Waals surface area contributed by atoms with E-state index in [0.29, 0.717) is 48.4 Å². The van der Waals surface area contributed by atoms with E-state index in [0.717, 1.165) is 55.4 Å². The minimum atomic E-state index is 0.0973. The van der Waals surface area contributed by atoms with Gasteiger partial charge in [0.1, 0.15) is 18.4 Å². The molecule has 0 fully saturated rings. The van der Waals surface area contributed by atoms with Crippen molar-refractivity contribution in [3.05, 3.63) is 109 Å². The lowest BCUT2D eigenvalue weighted by Crippen LogP contribution is -2.14. The fourth-order valence-corrected chi connectivity index (χ4v) is 5.91. The number of rotatable bonds is 13. The van der Waals surface area contributed by atoms with Gasteiger partial charge in [-0.25, -0.2) is 14.6 Å². The van der Waals surface area contributed by atoms with E-state index in [2.05, 4.69) is 83.9 Å². The Morgan fingerprint density at radius 1 is 0.552 bits per heavy atom. The van der Waals surface area contributed by atoms with Crippen molar-refractivity contribution < 1.29 is 9.47 Å². The molecule has 16 nitrogen and oxygen atoms in total. The van der Waals surface area contributed by atoms with Crippen LogP contribution < -0.4 is 10.6 Å². The van der Waals surface area contributed by atoms with Crippen LogP contribution in [0.1, 0.15) is 57.6 Å². The minimum absolute atomic E-state index is 0.0973. The Labute approximate surface area is 336 Å². The van der Waals surface area contributed by atoms with E-state index in [-0.39, 0.29) is 6.10 Å². The van der Waals surface area contributed by atoms with Gasteiger partial charge in [-0.15, -0.1) is 10.2 Å². The monoisotopic (exact) mass is 778 g/mol. The van der Waals surface area contributed by atoms with E-state index in [9.17, 15) is 0 Å². The van der Waals surface area contributed by atoms with E-state index in [4.69, 9.17) is 14.5 Å². The molecule has 0 bridgehead atoms. The smallest absolute Gasteiger partial charge is 0.154 e. The summed E-state index contributed by atoms with van der Waals surface area (Å²) in [4.78, 5) is 18.5. The summed E-state index contributed by atoms with van der Waals surface area (Å²) >= 11 is 0. The lowest BCUT2D eigenvalue weighted by Gasteiger charge is -2.09. The van der Waals surface area contributed by atoms with Gasteiger partial charge in [0.25, 0.3) is 0 Å². The van der Waals surface area contributed by atoms with Crippen molar-refractivity contribution in [3.8, 4) is 22.3 Å². The van der Waals surface area contributed by atoms with Crippen molar-refractivity contribution in [1.82, 2.24) is 59.9 Å². The summed E-state index contributed by atoms with van der Waals surface area (Å²) in [5.74, 6) is 3.49. The number of pyridine rings is 4. The Hall–Kier alpha value is -6.78. The summed E-state index contributed by atoms with van der Waals surface area (Å²) in [5.41, 5.74) is 9.33. The Morgan fingerprint density at radius 2 is 1.05 bits per heavy atom. The molecule has 0 amide bonds. The highest BCUT2D eigenvalue weighted by molar-refractivity contribution is 5.83. The highest BCUT2D eigenvalue weighted by Crippen LogP contribution is 2.26. The first-order valence-electron chi connectivity index (χ1n) is 18.9. The second kappa shape index (κ2) is 18.0. The van der Waals surface area contributed by atoms with Crippen LogP contribution >= 0.6 is 0 Å². The topological polar surface area (TPSA) is 181 Å². The molecule has 8 aromatic rings. The predicted octanol–water partition coefficient (Wildman–Crippen LogP) is 7.94. The van der Waals surface area contributed by atoms with Crippen molar-refractivity contribution >= 4 is 45.3 Å². The van der Waals surface area contributed by atoms with Crippen LogP contribution in [0.5, 0.6) is 0 Å². The number of fused-ring (bicyclic) bond motifs is 2. The number of anilines is 4. The molecule has 0 radical (unpaired) electrons. The van der Waals surface area contributed by atoms with Crippen molar-refractivity contribution in [2.24, 2.45) is 0 Å². The zero-order valence-electron chi connectivity index (χ0n) is 33.6. The maximum atomic E-state index is 5.31. The zero-order valence-corrected chi connectivity index (χ0v) is 33.6. The molecule has 296 valence electrons. The maximum Gasteiger partial charge on any atom is 0.154 e. The molecule has 8 heterocycles. The Balaban J connectivity index is 0.000000177. The average molecular weight is 779 g/mol. The van der Waals surface area contributed by atoms with Crippen molar-refractivity contribution in [2.75, 3.05) is 24.9 Å². The predicted molar refractivity (Wildman–Crippen MR) is 224 cm³/mol. The van der Waals surface area contributed by atoms with Crippen LogP contribution in [-0.4, -0.2) is 80.2 Å². The molecular weight excluding hydrogens is 733 g/mol. The number of aromatic nitrogens is 12.